The van der Waals surface area contributed by atoms with E-state index in [-0.39, 0.29) is 18.8 Å². The topological polar surface area (TPSA) is 118 Å². The van der Waals surface area contributed by atoms with Gasteiger partial charge in [-0.2, -0.15) is 10.5 Å². The monoisotopic (exact) mass is 405 g/mol. The molecule has 1 aromatic heterocycles. The summed E-state index contributed by atoms with van der Waals surface area (Å²) in [6.45, 7) is 1.46. The highest BCUT2D eigenvalue weighted by atomic mass is 16.6. The van der Waals surface area contributed by atoms with Crippen LogP contribution in [-0.4, -0.2) is 20.3 Å². The molecule has 1 N–H and O–H groups in total. The van der Waals surface area contributed by atoms with E-state index in [2.05, 4.69) is 5.48 Å². The molecule has 2 aromatic carbocycles. The molecule has 0 atom stereocenters. The van der Waals surface area contributed by atoms with Crippen LogP contribution in [0.4, 0.5) is 5.69 Å². The van der Waals surface area contributed by atoms with Crippen molar-refractivity contribution < 1.29 is 18.7 Å². The number of benzene rings is 2. The molecule has 0 unspecified atom stereocenters. The Bertz CT molecular complexity index is 1190. The molecule has 1 heterocycles. The minimum atomic E-state index is -0.470. The summed E-state index contributed by atoms with van der Waals surface area (Å²) in [5.74, 6) is 0.664. The van der Waals surface area contributed by atoms with Crippen molar-refractivity contribution in [2.75, 3.05) is 25.8 Å². The summed E-state index contributed by atoms with van der Waals surface area (Å²) in [6.07, 6.45) is 0.363. The minimum absolute atomic E-state index is 0.168. The Morgan fingerprint density at radius 1 is 1.07 bits per heavy atom. The van der Waals surface area contributed by atoms with E-state index in [1.54, 1.807) is 6.07 Å². The van der Waals surface area contributed by atoms with Crippen molar-refractivity contribution in [1.82, 2.24) is 0 Å². The fourth-order valence-corrected chi connectivity index (χ4v) is 3.12. The summed E-state index contributed by atoms with van der Waals surface area (Å²) in [6, 6.07) is 14.4. The van der Waals surface area contributed by atoms with E-state index in [4.69, 9.17) is 29.3 Å². The van der Waals surface area contributed by atoms with Crippen LogP contribution >= 0.6 is 0 Å². The lowest BCUT2D eigenvalue weighted by atomic mass is 9.99. The van der Waals surface area contributed by atoms with E-state index in [0.29, 0.717) is 34.4 Å². The lowest BCUT2D eigenvalue weighted by Crippen LogP contribution is -2.12. The van der Waals surface area contributed by atoms with E-state index in [9.17, 15) is 4.79 Å². The number of fused-ring (bicyclic) bond motifs is 1. The molecular formula is C22H19N3O5. The number of hydrogen-bond donors (Lipinski definition) is 1. The normalized spacial score (nSPS) is 10.3. The maximum Gasteiger partial charge on any atom is 0.340 e. The number of anilines is 1. The Hall–Kier alpha value is -4.01. The van der Waals surface area contributed by atoms with Gasteiger partial charge in [-0.05, 0) is 30.2 Å². The number of nitriles is 2. The van der Waals surface area contributed by atoms with Crippen LogP contribution in [0.15, 0.2) is 45.6 Å². The van der Waals surface area contributed by atoms with Crippen molar-refractivity contribution in [3.63, 3.8) is 0 Å². The number of nitrogens with zero attached hydrogens (tertiary/aromatic N) is 2. The Morgan fingerprint density at radius 2 is 1.77 bits per heavy atom. The zero-order valence-electron chi connectivity index (χ0n) is 16.5. The molecule has 0 aliphatic heterocycles. The predicted molar refractivity (Wildman–Crippen MR) is 109 cm³/mol. The fourth-order valence-electron chi connectivity index (χ4n) is 3.12. The van der Waals surface area contributed by atoms with Crippen molar-refractivity contribution in [3.8, 4) is 23.6 Å². The van der Waals surface area contributed by atoms with Crippen LogP contribution in [0, 0.1) is 29.6 Å². The van der Waals surface area contributed by atoms with Gasteiger partial charge in [0.2, 0.25) is 0 Å². The first-order valence-corrected chi connectivity index (χ1v) is 9.05. The summed E-state index contributed by atoms with van der Waals surface area (Å²) in [5, 5.41) is 18.2. The van der Waals surface area contributed by atoms with Gasteiger partial charge in [0, 0.05) is 24.1 Å². The minimum Gasteiger partial charge on any atom is -0.478 e. The maximum absolute atomic E-state index is 12.7. The Balaban J connectivity index is 2.06. The molecule has 3 rings (SSSR count). The van der Waals surface area contributed by atoms with Crippen LogP contribution in [0.25, 0.3) is 11.0 Å². The number of hydrogen-bond acceptors (Lipinski definition) is 8. The van der Waals surface area contributed by atoms with Crippen LogP contribution in [0.1, 0.15) is 16.7 Å². The smallest absolute Gasteiger partial charge is 0.340 e. The van der Waals surface area contributed by atoms with Gasteiger partial charge in [0.05, 0.1) is 18.2 Å². The molecule has 0 radical (unpaired) electrons. The first kappa shape index (κ1) is 20.7. The molecule has 8 nitrogen and oxygen atoms in total. The van der Waals surface area contributed by atoms with E-state index >= 15 is 0 Å². The van der Waals surface area contributed by atoms with E-state index in [1.807, 2.05) is 43.3 Å². The van der Waals surface area contributed by atoms with E-state index in [0.717, 1.165) is 11.3 Å². The Labute approximate surface area is 172 Å². The Kier molecular flexibility index (Phi) is 6.53. The standard InChI is InChI=1S/C22H19N3O5/c1-14-18(11-15-3-5-16(6-4-15)25-27-2)22(26)30-20-13-17(28-9-7-23)12-19(21(14)20)29-10-8-24/h3-6,12-13,25H,9-11H2,1-2H3. The van der Waals surface area contributed by atoms with E-state index < -0.39 is 5.63 Å². The third kappa shape index (κ3) is 4.52. The summed E-state index contributed by atoms with van der Waals surface area (Å²) in [4.78, 5) is 17.6. The molecule has 0 bridgehead atoms. The highest BCUT2D eigenvalue weighted by molar-refractivity contribution is 5.89. The summed E-state index contributed by atoms with van der Waals surface area (Å²) in [5.41, 5.74) is 5.43. The van der Waals surface area contributed by atoms with Gasteiger partial charge in [-0.1, -0.05) is 12.1 Å². The van der Waals surface area contributed by atoms with Crippen LogP contribution in [0.2, 0.25) is 0 Å². The van der Waals surface area contributed by atoms with Crippen molar-refractivity contribution in [1.29, 1.82) is 10.5 Å². The quantitative estimate of drug-likeness (QED) is 0.447. The van der Waals surface area contributed by atoms with Gasteiger partial charge >= 0.3 is 5.63 Å². The molecular weight excluding hydrogens is 386 g/mol. The maximum atomic E-state index is 12.7. The lowest BCUT2D eigenvalue weighted by molar-refractivity contribution is 0.271. The van der Waals surface area contributed by atoms with Gasteiger partial charge in [0.1, 0.15) is 29.2 Å². The van der Waals surface area contributed by atoms with Gasteiger partial charge < -0.3 is 13.9 Å². The van der Waals surface area contributed by atoms with Crippen molar-refractivity contribution >= 4 is 16.7 Å². The van der Waals surface area contributed by atoms with Crippen molar-refractivity contribution in [2.24, 2.45) is 0 Å². The number of ether oxygens (including phenoxy) is 2. The Morgan fingerprint density at radius 3 is 2.43 bits per heavy atom. The van der Waals surface area contributed by atoms with Crippen molar-refractivity contribution in [3.05, 3.63) is 63.5 Å². The van der Waals surface area contributed by atoms with Crippen LogP contribution in [0.3, 0.4) is 0 Å². The predicted octanol–water partition coefficient (Wildman–Crippen LogP) is 3.47. The van der Waals surface area contributed by atoms with Gasteiger partial charge in [-0.3, -0.25) is 10.3 Å². The van der Waals surface area contributed by atoms with Crippen molar-refractivity contribution in [2.45, 2.75) is 13.3 Å². The zero-order chi connectivity index (χ0) is 21.5. The van der Waals surface area contributed by atoms with Gasteiger partial charge in [-0.25, -0.2) is 4.79 Å². The van der Waals surface area contributed by atoms with Crippen LogP contribution < -0.4 is 20.6 Å². The first-order valence-electron chi connectivity index (χ1n) is 9.05. The highest BCUT2D eigenvalue weighted by Gasteiger charge is 2.17. The molecule has 8 heteroatoms. The van der Waals surface area contributed by atoms with E-state index in [1.165, 1.54) is 13.2 Å². The number of aryl methyl sites for hydroxylation is 1. The number of nitrogens with one attached hydrogen (secondary N) is 1. The van der Waals surface area contributed by atoms with Crippen LogP contribution in [-0.2, 0) is 11.3 Å². The molecule has 0 spiro atoms. The van der Waals surface area contributed by atoms with Gasteiger partial charge in [0.15, 0.2) is 13.2 Å². The van der Waals surface area contributed by atoms with Gasteiger partial charge in [-0.15, -0.1) is 0 Å². The first-order chi connectivity index (χ1) is 14.6. The molecule has 0 aliphatic carbocycles. The third-order valence-electron chi connectivity index (χ3n) is 4.47. The largest absolute Gasteiger partial charge is 0.478 e. The van der Waals surface area contributed by atoms with Crippen LogP contribution in [0.5, 0.6) is 11.5 Å². The molecule has 0 amide bonds. The highest BCUT2D eigenvalue weighted by Crippen LogP contribution is 2.34. The molecule has 3 aromatic rings. The lowest BCUT2D eigenvalue weighted by Gasteiger charge is -2.14. The second-order valence-corrected chi connectivity index (χ2v) is 6.36. The fraction of sp³-hybridized carbons (Fsp3) is 0.227. The molecule has 152 valence electrons. The molecule has 30 heavy (non-hydrogen) atoms. The SMILES string of the molecule is CONc1ccc(Cc2c(C)c3c(OCC#N)cc(OCC#N)cc3oc2=O)cc1. The zero-order valence-corrected chi connectivity index (χ0v) is 16.5. The second-order valence-electron chi connectivity index (χ2n) is 6.36. The third-order valence-corrected chi connectivity index (χ3v) is 4.47. The summed E-state index contributed by atoms with van der Waals surface area (Å²) >= 11 is 0. The second kappa shape index (κ2) is 9.46. The summed E-state index contributed by atoms with van der Waals surface area (Å²) < 4.78 is 16.4. The molecule has 0 aliphatic rings. The molecule has 0 saturated carbocycles. The average Bonchev–Trinajstić information content (AvgIpc) is 2.74. The molecule has 0 fully saturated rings. The number of rotatable bonds is 8. The van der Waals surface area contributed by atoms with Gasteiger partial charge in [0.25, 0.3) is 0 Å². The summed E-state index contributed by atoms with van der Waals surface area (Å²) in [7, 11) is 1.53. The molecule has 0 saturated heterocycles. The average molecular weight is 405 g/mol.